The predicted octanol–water partition coefficient (Wildman–Crippen LogP) is 7.87. The summed E-state index contributed by atoms with van der Waals surface area (Å²) in [4.78, 5) is 6.07. The number of nitriles is 1. The standard InChI is InChI=1S/C31H37N3/c1-29(2,3)24-16-21(15-23(19-24)27(20-32)33-8)9-10-22-17-25-28-26(18-22)31(6,7)12-14-34(28)13-11-30(25,4)5/h9-10,15,17-19H,11-14,16H2,1-7H3/b10-9+,27-23-. The number of benzene rings is 1. The Hall–Kier alpha value is -3.04. The average Bonchev–Trinajstić information content (AvgIpc) is 2.76. The van der Waals surface area contributed by atoms with Crippen molar-refractivity contribution in [1.29, 1.82) is 5.26 Å². The SMILES string of the molecule is [C-]#[N+]/C(C#N)=C1C=C(/C=C/c2cc3c4c(c2)C(C)(C)CCN4CCC3(C)C)CC(C(C)(C)C)=C/1. The molecule has 0 atom stereocenters. The molecule has 1 aromatic rings. The first-order valence-corrected chi connectivity index (χ1v) is 12.4. The van der Waals surface area contributed by atoms with Crippen LogP contribution in [0, 0.1) is 23.3 Å². The van der Waals surface area contributed by atoms with Gasteiger partial charge in [0, 0.05) is 18.8 Å². The van der Waals surface area contributed by atoms with Crippen LogP contribution in [0.2, 0.25) is 0 Å². The summed E-state index contributed by atoms with van der Waals surface area (Å²) >= 11 is 0. The predicted molar refractivity (Wildman–Crippen MR) is 142 cm³/mol. The molecule has 0 radical (unpaired) electrons. The van der Waals surface area contributed by atoms with Gasteiger partial charge in [0.05, 0.1) is 12.6 Å². The highest BCUT2D eigenvalue weighted by Gasteiger charge is 2.39. The Morgan fingerprint density at radius 1 is 1.03 bits per heavy atom. The molecule has 3 heteroatoms. The molecular formula is C31H37N3. The van der Waals surface area contributed by atoms with Crippen LogP contribution < -0.4 is 4.90 Å². The minimum Gasteiger partial charge on any atom is -0.371 e. The second-order valence-electron chi connectivity index (χ2n) is 12.4. The molecule has 2 heterocycles. The number of nitrogens with zero attached hydrogens (tertiary/aromatic N) is 3. The molecule has 176 valence electrons. The molecule has 0 unspecified atom stereocenters. The van der Waals surface area contributed by atoms with E-state index in [9.17, 15) is 5.26 Å². The third-order valence-corrected chi connectivity index (χ3v) is 7.93. The van der Waals surface area contributed by atoms with Crippen LogP contribution in [-0.2, 0) is 10.8 Å². The Labute approximate surface area is 206 Å². The molecular weight excluding hydrogens is 414 g/mol. The molecule has 2 aliphatic heterocycles. The molecule has 0 amide bonds. The maximum atomic E-state index is 9.45. The number of hydrogen-bond donors (Lipinski definition) is 0. The van der Waals surface area contributed by atoms with Gasteiger partial charge in [0.1, 0.15) is 0 Å². The van der Waals surface area contributed by atoms with Crippen LogP contribution in [-0.4, -0.2) is 13.1 Å². The van der Waals surface area contributed by atoms with E-state index in [0.29, 0.717) is 0 Å². The van der Waals surface area contributed by atoms with E-state index in [-0.39, 0.29) is 21.9 Å². The van der Waals surface area contributed by atoms with Gasteiger partial charge in [-0.3, -0.25) is 0 Å². The molecule has 0 saturated carbocycles. The van der Waals surface area contributed by atoms with Crippen molar-refractivity contribution < 1.29 is 0 Å². The third-order valence-electron chi connectivity index (χ3n) is 7.93. The minimum atomic E-state index is -0.0192. The van der Waals surface area contributed by atoms with Gasteiger partial charge in [-0.1, -0.05) is 78.3 Å². The lowest BCUT2D eigenvalue weighted by molar-refractivity contribution is 0.401. The third kappa shape index (κ3) is 4.37. The Morgan fingerprint density at radius 2 is 1.62 bits per heavy atom. The van der Waals surface area contributed by atoms with Crippen LogP contribution >= 0.6 is 0 Å². The Bertz CT molecular complexity index is 1170. The lowest BCUT2D eigenvalue weighted by atomic mass is 9.69. The summed E-state index contributed by atoms with van der Waals surface area (Å²) in [6, 6.07) is 6.86. The summed E-state index contributed by atoms with van der Waals surface area (Å²) in [5.41, 5.74) is 9.24. The van der Waals surface area contributed by atoms with E-state index in [2.05, 4.69) is 88.6 Å². The van der Waals surface area contributed by atoms with E-state index < -0.39 is 0 Å². The van der Waals surface area contributed by atoms with E-state index in [4.69, 9.17) is 6.57 Å². The van der Waals surface area contributed by atoms with Gasteiger partial charge in [0.2, 0.25) is 0 Å². The van der Waals surface area contributed by atoms with Gasteiger partial charge in [-0.2, -0.15) is 0 Å². The Kier molecular flexibility index (Phi) is 5.90. The molecule has 0 bridgehead atoms. The Morgan fingerprint density at radius 3 is 2.12 bits per heavy atom. The monoisotopic (exact) mass is 451 g/mol. The molecule has 0 spiro atoms. The summed E-state index contributed by atoms with van der Waals surface area (Å²) in [7, 11) is 0. The fraction of sp³-hybridized carbons (Fsp3) is 0.484. The number of rotatable bonds is 2. The van der Waals surface area contributed by atoms with Crippen molar-refractivity contribution in [1.82, 2.24) is 0 Å². The number of allylic oxidation sites excluding steroid dienone is 7. The van der Waals surface area contributed by atoms with Gasteiger partial charge < -0.3 is 4.90 Å². The zero-order valence-electron chi connectivity index (χ0n) is 21.8. The molecule has 1 aliphatic carbocycles. The van der Waals surface area contributed by atoms with Gasteiger partial charge in [0.15, 0.2) is 0 Å². The van der Waals surface area contributed by atoms with Crippen molar-refractivity contribution in [2.75, 3.05) is 18.0 Å². The molecule has 0 saturated heterocycles. The summed E-state index contributed by atoms with van der Waals surface area (Å²) in [6.07, 6.45) is 11.7. The smallest absolute Gasteiger partial charge is 0.268 e. The van der Waals surface area contributed by atoms with Crippen LogP contribution in [0.5, 0.6) is 0 Å². The van der Waals surface area contributed by atoms with Crippen LogP contribution in [0.15, 0.2) is 52.8 Å². The fourth-order valence-corrected chi connectivity index (χ4v) is 5.39. The molecule has 1 aromatic carbocycles. The van der Waals surface area contributed by atoms with Gasteiger partial charge in [0.25, 0.3) is 5.70 Å². The van der Waals surface area contributed by atoms with Crippen LogP contribution in [0.3, 0.4) is 0 Å². The van der Waals surface area contributed by atoms with Crippen molar-refractivity contribution in [2.24, 2.45) is 5.41 Å². The lowest BCUT2D eigenvalue weighted by Gasteiger charge is -2.48. The quantitative estimate of drug-likeness (QED) is 0.338. The van der Waals surface area contributed by atoms with Crippen LogP contribution in [0.4, 0.5) is 5.69 Å². The minimum absolute atomic E-state index is 0.0192. The first kappa shape index (κ1) is 24.1. The zero-order valence-corrected chi connectivity index (χ0v) is 21.8. The van der Waals surface area contributed by atoms with Gasteiger partial charge in [-0.05, 0) is 75.5 Å². The molecule has 0 fully saturated rings. The van der Waals surface area contributed by atoms with E-state index >= 15 is 0 Å². The fourth-order valence-electron chi connectivity index (χ4n) is 5.39. The lowest BCUT2D eigenvalue weighted by Crippen LogP contribution is -2.44. The maximum absolute atomic E-state index is 9.45. The van der Waals surface area contributed by atoms with E-state index in [0.717, 1.165) is 30.7 Å². The number of hydrogen-bond acceptors (Lipinski definition) is 2. The van der Waals surface area contributed by atoms with Gasteiger partial charge in [-0.25, -0.2) is 10.1 Å². The maximum Gasteiger partial charge on any atom is 0.268 e. The second-order valence-corrected chi connectivity index (χ2v) is 12.4. The summed E-state index contributed by atoms with van der Waals surface area (Å²) < 4.78 is 0. The van der Waals surface area contributed by atoms with Crippen molar-refractivity contribution >= 4 is 11.8 Å². The van der Waals surface area contributed by atoms with E-state index in [1.165, 1.54) is 40.8 Å². The molecule has 0 N–H and O–H groups in total. The van der Waals surface area contributed by atoms with Crippen molar-refractivity contribution in [3.63, 3.8) is 0 Å². The average molecular weight is 452 g/mol. The first-order chi connectivity index (χ1) is 15.9. The van der Waals surface area contributed by atoms with Crippen molar-refractivity contribution in [2.45, 2.75) is 78.6 Å². The Balaban J connectivity index is 1.79. The largest absolute Gasteiger partial charge is 0.371 e. The highest BCUT2D eigenvalue weighted by Crippen LogP contribution is 2.49. The van der Waals surface area contributed by atoms with Gasteiger partial charge >= 0.3 is 0 Å². The molecule has 0 aromatic heterocycles. The van der Waals surface area contributed by atoms with E-state index in [1.54, 1.807) is 0 Å². The molecule has 3 aliphatic rings. The van der Waals surface area contributed by atoms with Crippen molar-refractivity contribution in [3.05, 3.63) is 80.9 Å². The second kappa shape index (κ2) is 8.32. The molecule has 34 heavy (non-hydrogen) atoms. The van der Waals surface area contributed by atoms with Crippen LogP contribution in [0.25, 0.3) is 10.9 Å². The summed E-state index contributed by atoms with van der Waals surface area (Å²) in [5, 5.41) is 9.45. The summed E-state index contributed by atoms with van der Waals surface area (Å²) in [6.45, 7) is 25.8. The first-order valence-electron chi connectivity index (χ1n) is 12.4. The zero-order chi connectivity index (χ0) is 24.9. The normalized spacial score (nSPS) is 22.3. The van der Waals surface area contributed by atoms with Crippen molar-refractivity contribution in [3.8, 4) is 6.07 Å². The number of anilines is 1. The molecule has 4 rings (SSSR count). The highest BCUT2D eigenvalue weighted by molar-refractivity contribution is 5.72. The van der Waals surface area contributed by atoms with Crippen LogP contribution in [0.1, 0.15) is 84.4 Å². The highest BCUT2D eigenvalue weighted by atomic mass is 15.2. The summed E-state index contributed by atoms with van der Waals surface area (Å²) in [5.74, 6) is 0. The van der Waals surface area contributed by atoms with Gasteiger partial charge in [-0.15, -0.1) is 0 Å². The molecule has 3 nitrogen and oxygen atoms in total. The van der Waals surface area contributed by atoms with E-state index in [1.807, 2.05) is 12.2 Å². The topological polar surface area (TPSA) is 31.4 Å².